The number of aromatic nitrogens is 4. The van der Waals surface area contributed by atoms with Crippen molar-refractivity contribution in [3.05, 3.63) is 65.0 Å². The molecule has 2 aromatic heterocycles. The van der Waals surface area contributed by atoms with Crippen molar-refractivity contribution in [1.82, 2.24) is 19.7 Å². The fraction of sp³-hybridized carbons (Fsp3) is 0.133. The maximum absolute atomic E-state index is 13.0. The molecule has 1 atom stereocenters. The molecule has 4 nitrogen and oxygen atoms in total. The van der Waals surface area contributed by atoms with Crippen molar-refractivity contribution in [2.24, 2.45) is 0 Å². The maximum Gasteiger partial charge on any atom is 0.125 e. The molecule has 21 heavy (non-hydrogen) atoms. The van der Waals surface area contributed by atoms with E-state index >= 15 is 0 Å². The van der Waals surface area contributed by atoms with Gasteiger partial charge in [0.15, 0.2) is 0 Å². The molecule has 3 aromatic rings. The molecule has 6 heteroatoms. The third-order valence-electron chi connectivity index (χ3n) is 3.25. The number of rotatable bonds is 3. The lowest BCUT2D eigenvalue weighted by Crippen LogP contribution is -2.06. The van der Waals surface area contributed by atoms with Gasteiger partial charge in [-0.3, -0.25) is 9.67 Å². The van der Waals surface area contributed by atoms with E-state index in [1.165, 1.54) is 12.1 Å². The van der Waals surface area contributed by atoms with Crippen molar-refractivity contribution in [2.45, 2.75) is 13.0 Å². The summed E-state index contributed by atoms with van der Waals surface area (Å²) in [6.07, 6.45) is 6.98. The van der Waals surface area contributed by atoms with E-state index in [1.54, 1.807) is 30.7 Å². The number of halogens is 2. The SMILES string of the molecule is C[C@H](c1ccc(F)cc1)n1cc(-c2cncc(Br)n2)cn1. The van der Waals surface area contributed by atoms with Crippen LogP contribution in [0, 0.1) is 5.82 Å². The second-order valence-corrected chi connectivity index (χ2v) is 5.48. The molecule has 0 aliphatic rings. The lowest BCUT2D eigenvalue weighted by Gasteiger charge is -2.12. The van der Waals surface area contributed by atoms with Crippen molar-refractivity contribution in [3.63, 3.8) is 0 Å². The van der Waals surface area contributed by atoms with Crippen molar-refractivity contribution in [2.75, 3.05) is 0 Å². The smallest absolute Gasteiger partial charge is 0.125 e. The minimum Gasteiger partial charge on any atom is -0.265 e. The maximum atomic E-state index is 13.0. The third-order valence-corrected chi connectivity index (χ3v) is 3.63. The molecule has 0 fully saturated rings. The molecule has 0 spiro atoms. The predicted octanol–water partition coefficient (Wildman–Crippen LogP) is 3.85. The first-order chi connectivity index (χ1) is 10.1. The van der Waals surface area contributed by atoms with Crippen molar-refractivity contribution in [1.29, 1.82) is 0 Å². The molecule has 0 amide bonds. The first kappa shape index (κ1) is 13.9. The highest BCUT2D eigenvalue weighted by Gasteiger charge is 2.11. The van der Waals surface area contributed by atoms with Gasteiger partial charge in [0, 0.05) is 11.8 Å². The summed E-state index contributed by atoms with van der Waals surface area (Å²) < 4.78 is 15.5. The Morgan fingerprint density at radius 2 is 1.90 bits per heavy atom. The van der Waals surface area contributed by atoms with Crippen molar-refractivity contribution >= 4 is 15.9 Å². The summed E-state index contributed by atoms with van der Waals surface area (Å²) >= 11 is 3.30. The second kappa shape index (κ2) is 5.73. The van der Waals surface area contributed by atoms with Gasteiger partial charge in [-0.1, -0.05) is 12.1 Å². The summed E-state index contributed by atoms with van der Waals surface area (Å²) in [5, 5.41) is 4.36. The zero-order valence-corrected chi connectivity index (χ0v) is 12.8. The fourth-order valence-electron chi connectivity index (χ4n) is 2.06. The van der Waals surface area contributed by atoms with Crippen LogP contribution < -0.4 is 0 Å². The average molecular weight is 347 g/mol. The van der Waals surface area contributed by atoms with Gasteiger partial charge >= 0.3 is 0 Å². The van der Waals surface area contributed by atoms with Gasteiger partial charge in [-0.2, -0.15) is 5.10 Å². The lowest BCUT2D eigenvalue weighted by atomic mass is 10.1. The van der Waals surface area contributed by atoms with Gasteiger partial charge in [0.1, 0.15) is 10.4 Å². The van der Waals surface area contributed by atoms with E-state index in [0.29, 0.717) is 4.60 Å². The Bertz CT molecular complexity index is 754. The highest BCUT2D eigenvalue weighted by molar-refractivity contribution is 9.10. The third kappa shape index (κ3) is 3.00. The van der Waals surface area contributed by atoms with Crippen molar-refractivity contribution in [3.8, 4) is 11.3 Å². The van der Waals surface area contributed by atoms with Crippen LogP contribution in [0.4, 0.5) is 4.39 Å². The Morgan fingerprint density at radius 1 is 1.14 bits per heavy atom. The van der Waals surface area contributed by atoms with Crippen LogP contribution in [-0.2, 0) is 0 Å². The molecule has 0 saturated heterocycles. The van der Waals surface area contributed by atoms with Gasteiger partial charge in [0.2, 0.25) is 0 Å². The van der Waals surface area contributed by atoms with E-state index < -0.39 is 0 Å². The van der Waals surface area contributed by atoms with Gasteiger partial charge in [-0.05, 0) is 40.5 Å². The molecule has 2 heterocycles. The van der Waals surface area contributed by atoms with Crippen LogP contribution in [0.5, 0.6) is 0 Å². The second-order valence-electron chi connectivity index (χ2n) is 4.66. The number of benzene rings is 1. The Morgan fingerprint density at radius 3 is 2.62 bits per heavy atom. The number of nitrogens with zero attached hydrogens (tertiary/aromatic N) is 4. The Kier molecular flexibility index (Phi) is 3.79. The van der Waals surface area contributed by atoms with E-state index in [-0.39, 0.29) is 11.9 Å². The highest BCUT2D eigenvalue weighted by Crippen LogP contribution is 2.22. The largest absolute Gasteiger partial charge is 0.265 e. The highest BCUT2D eigenvalue weighted by atomic mass is 79.9. The van der Waals surface area contributed by atoms with Gasteiger partial charge < -0.3 is 0 Å². The molecule has 0 aliphatic carbocycles. The zero-order valence-electron chi connectivity index (χ0n) is 11.2. The molecule has 106 valence electrons. The minimum atomic E-state index is -0.239. The summed E-state index contributed by atoms with van der Waals surface area (Å²) in [6, 6.07) is 6.45. The summed E-state index contributed by atoms with van der Waals surface area (Å²) in [4.78, 5) is 8.45. The molecule has 0 N–H and O–H groups in total. The van der Waals surface area contributed by atoms with Crippen molar-refractivity contribution < 1.29 is 4.39 Å². The molecule has 0 aliphatic heterocycles. The predicted molar refractivity (Wildman–Crippen MR) is 81.2 cm³/mol. The normalized spacial score (nSPS) is 12.3. The molecule has 0 radical (unpaired) electrons. The molecular weight excluding hydrogens is 335 g/mol. The van der Waals surface area contributed by atoms with Gasteiger partial charge in [-0.25, -0.2) is 9.37 Å². The Hall–Kier alpha value is -2.08. The van der Waals surface area contributed by atoms with Crippen LogP contribution in [0.1, 0.15) is 18.5 Å². The number of hydrogen-bond donors (Lipinski definition) is 0. The molecule has 0 unspecified atom stereocenters. The van der Waals surface area contributed by atoms with Crippen LogP contribution in [-0.4, -0.2) is 19.7 Å². The standard InChI is InChI=1S/C15H12BrFN4/c1-10(11-2-4-13(17)5-3-11)21-9-12(6-19-21)14-7-18-8-15(16)20-14/h2-10H,1H3/t10-/m1/s1. The summed E-state index contributed by atoms with van der Waals surface area (Å²) in [6.45, 7) is 2.01. The van der Waals surface area contributed by atoms with Crippen LogP contribution in [0.2, 0.25) is 0 Å². The first-order valence-corrected chi connectivity index (χ1v) is 7.20. The molecule has 0 bridgehead atoms. The van der Waals surface area contributed by atoms with E-state index in [4.69, 9.17) is 0 Å². The van der Waals surface area contributed by atoms with E-state index in [9.17, 15) is 4.39 Å². The average Bonchev–Trinajstić information content (AvgIpc) is 2.97. The molecule has 0 saturated carbocycles. The van der Waals surface area contributed by atoms with E-state index in [0.717, 1.165) is 16.8 Å². The first-order valence-electron chi connectivity index (χ1n) is 6.41. The van der Waals surface area contributed by atoms with Gasteiger partial charge in [-0.15, -0.1) is 0 Å². The minimum absolute atomic E-state index is 0.0134. The zero-order chi connectivity index (χ0) is 14.8. The molecule has 1 aromatic carbocycles. The van der Waals surface area contributed by atoms with E-state index in [2.05, 4.69) is 31.0 Å². The summed E-state index contributed by atoms with van der Waals surface area (Å²) in [7, 11) is 0. The van der Waals surface area contributed by atoms with Crippen LogP contribution >= 0.6 is 15.9 Å². The number of hydrogen-bond acceptors (Lipinski definition) is 3. The summed E-state index contributed by atoms with van der Waals surface area (Å²) in [5.41, 5.74) is 2.63. The van der Waals surface area contributed by atoms with Gasteiger partial charge in [0.25, 0.3) is 0 Å². The van der Waals surface area contributed by atoms with E-state index in [1.807, 2.05) is 17.8 Å². The monoisotopic (exact) mass is 346 g/mol. The van der Waals surface area contributed by atoms with Crippen LogP contribution in [0.15, 0.2) is 53.7 Å². The quantitative estimate of drug-likeness (QED) is 0.723. The lowest BCUT2D eigenvalue weighted by molar-refractivity contribution is 0.561. The van der Waals surface area contributed by atoms with Gasteiger partial charge in [0.05, 0.1) is 30.3 Å². The Balaban J connectivity index is 1.89. The van der Waals surface area contributed by atoms with Crippen LogP contribution in [0.25, 0.3) is 11.3 Å². The summed E-state index contributed by atoms with van der Waals surface area (Å²) in [5.74, 6) is -0.239. The topological polar surface area (TPSA) is 43.6 Å². The fourth-order valence-corrected chi connectivity index (χ4v) is 2.37. The molecule has 3 rings (SSSR count). The molecular formula is C15H12BrFN4. The van der Waals surface area contributed by atoms with Crippen LogP contribution in [0.3, 0.4) is 0 Å². The Labute approximate surface area is 129 Å².